The zero-order valence-corrected chi connectivity index (χ0v) is 12.8. The van der Waals surface area contributed by atoms with Gasteiger partial charge >= 0.3 is 0 Å². The zero-order valence-electron chi connectivity index (χ0n) is 12.8. The first-order valence-corrected chi connectivity index (χ1v) is 7.17. The van der Waals surface area contributed by atoms with E-state index in [-0.39, 0.29) is 11.6 Å². The maximum atomic E-state index is 12.0. The van der Waals surface area contributed by atoms with Crippen LogP contribution in [0.5, 0.6) is 0 Å². The molecule has 25 heavy (non-hydrogen) atoms. The summed E-state index contributed by atoms with van der Waals surface area (Å²) in [5, 5.41) is 17.3. The number of nitrogens with one attached hydrogen (secondary N) is 1. The minimum Gasteiger partial charge on any atom is -0.307 e. The van der Waals surface area contributed by atoms with Crippen LogP contribution in [0.2, 0.25) is 0 Å². The zero-order chi connectivity index (χ0) is 17.6. The number of carbonyl (C=O) groups excluding carboxylic acids is 1. The fraction of sp³-hybridized carbons (Fsp3) is 0. The summed E-state index contributed by atoms with van der Waals surface area (Å²) in [4.78, 5) is 30.1. The largest absolute Gasteiger partial charge is 0.307 e. The number of carbonyl (C=O) groups is 1. The number of amides is 1. The molecule has 0 bridgehead atoms. The van der Waals surface area contributed by atoms with Crippen LogP contribution in [0, 0.1) is 10.1 Å². The Balaban J connectivity index is 1.66. The van der Waals surface area contributed by atoms with Crippen molar-refractivity contribution >= 4 is 23.5 Å². The summed E-state index contributed by atoms with van der Waals surface area (Å²) in [6.07, 6.45) is 7.54. The Kier molecular flexibility index (Phi) is 4.56. The second kappa shape index (κ2) is 7.13. The Labute approximate surface area is 141 Å². The number of hydrogen-bond donors (Lipinski definition) is 1. The van der Waals surface area contributed by atoms with Crippen molar-refractivity contribution in [2.75, 3.05) is 5.32 Å². The van der Waals surface area contributed by atoms with Gasteiger partial charge in [0.25, 0.3) is 5.69 Å². The number of rotatable bonds is 5. The van der Waals surface area contributed by atoms with E-state index in [0.29, 0.717) is 17.2 Å². The van der Waals surface area contributed by atoms with Crippen LogP contribution >= 0.6 is 0 Å². The summed E-state index contributed by atoms with van der Waals surface area (Å²) < 4.78 is 1.55. The van der Waals surface area contributed by atoms with Gasteiger partial charge in [0.15, 0.2) is 5.82 Å². The molecule has 0 saturated heterocycles. The third-order valence-corrected chi connectivity index (χ3v) is 3.17. The Morgan fingerprint density at radius 3 is 2.72 bits per heavy atom. The Hall–Kier alpha value is -3.88. The smallest absolute Gasteiger partial charge is 0.269 e. The predicted molar refractivity (Wildman–Crippen MR) is 89.9 cm³/mol. The Bertz CT molecular complexity index is 919. The number of anilines is 1. The lowest BCUT2D eigenvalue weighted by atomic mass is 10.2. The molecule has 0 atom stereocenters. The third-order valence-electron chi connectivity index (χ3n) is 3.17. The molecular formula is C16H12N6O3. The van der Waals surface area contributed by atoms with E-state index < -0.39 is 4.92 Å². The van der Waals surface area contributed by atoms with Gasteiger partial charge in [-0.1, -0.05) is 0 Å². The summed E-state index contributed by atoms with van der Waals surface area (Å²) in [5.41, 5.74) is 0.661. The van der Waals surface area contributed by atoms with E-state index in [2.05, 4.69) is 20.4 Å². The van der Waals surface area contributed by atoms with Crippen LogP contribution in [0.3, 0.4) is 0 Å². The normalized spacial score (nSPS) is 10.7. The van der Waals surface area contributed by atoms with Gasteiger partial charge in [-0.05, 0) is 29.8 Å². The SMILES string of the molecule is O=C(/C=C/c1ccc([N+](=O)[O-])cc1)Nc1cc(-n2cccn2)ncn1. The van der Waals surface area contributed by atoms with E-state index in [0.717, 1.165) is 0 Å². The highest BCUT2D eigenvalue weighted by atomic mass is 16.6. The first-order valence-electron chi connectivity index (χ1n) is 7.17. The van der Waals surface area contributed by atoms with Gasteiger partial charge in [0.1, 0.15) is 12.1 Å². The molecule has 9 nitrogen and oxygen atoms in total. The lowest BCUT2D eigenvalue weighted by molar-refractivity contribution is -0.384. The van der Waals surface area contributed by atoms with Crippen LogP contribution < -0.4 is 5.32 Å². The topological polar surface area (TPSA) is 116 Å². The molecular weight excluding hydrogens is 324 g/mol. The standard InChI is InChI=1S/C16H12N6O3/c23-16(7-4-12-2-5-13(6-3-12)22(24)25)20-14-10-15(18-11-17-14)21-9-1-8-19-21/h1-11H,(H,17,18,20,23)/b7-4+. The molecule has 0 radical (unpaired) electrons. The maximum absolute atomic E-state index is 12.0. The van der Waals surface area contributed by atoms with E-state index in [1.165, 1.54) is 24.5 Å². The summed E-state index contributed by atoms with van der Waals surface area (Å²) in [6, 6.07) is 9.21. The molecule has 0 aliphatic carbocycles. The van der Waals surface area contributed by atoms with Crippen LogP contribution in [0.25, 0.3) is 11.9 Å². The van der Waals surface area contributed by atoms with Crippen LogP contribution in [0.15, 0.2) is 61.2 Å². The summed E-state index contributed by atoms with van der Waals surface area (Å²) >= 11 is 0. The van der Waals surface area contributed by atoms with Gasteiger partial charge in [0, 0.05) is 36.7 Å². The molecule has 0 unspecified atom stereocenters. The molecule has 0 spiro atoms. The minimum atomic E-state index is -0.480. The lowest BCUT2D eigenvalue weighted by Crippen LogP contribution is -2.10. The van der Waals surface area contributed by atoms with Gasteiger partial charge in [-0.25, -0.2) is 14.6 Å². The average Bonchev–Trinajstić information content (AvgIpc) is 3.15. The molecule has 1 aromatic carbocycles. The highest BCUT2D eigenvalue weighted by Gasteiger charge is 2.05. The molecule has 1 amide bonds. The second-order valence-electron chi connectivity index (χ2n) is 4.88. The number of non-ortho nitro benzene ring substituents is 1. The second-order valence-corrected chi connectivity index (χ2v) is 4.88. The van der Waals surface area contributed by atoms with Crippen molar-refractivity contribution < 1.29 is 9.72 Å². The van der Waals surface area contributed by atoms with Crippen molar-refractivity contribution in [1.29, 1.82) is 0 Å². The highest BCUT2D eigenvalue weighted by molar-refractivity contribution is 6.01. The predicted octanol–water partition coefficient (Wildman–Crippen LogP) is 2.22. The van der Waals surface area contributed by atoms with Crippen LogP contribution in [-0.4, -0.2) is 30.6 Å². The monoisotopic (exact) mass is 336 g/mol. The maximum Gasteiger partial charge on any atom is 0.269 e. The fourth-order valence-corrected chi connectivity index (χ4v) is 1.99. The molecule has 0 saturated carbocycles. The van der Waals surface area contributed by atoms with Crippen LogP contribution in [0.1, 0.15) is 5.56 Å². The average molecular weight is 336 g/mol. The molecule has 0 aliphatic heterocycles. The minimum absolute atomic E-state index is 0.00580. The molecule has 3 rings (SSSR count). The van der Waals surface area contributed by atoms with Gasteiger partial charge < -0.3 is 5.32 Å². The Morgan fingerprint density at radius 2 is 2.04 bits per heavy atom. The summed E-state index contributed by atoms with van der Waals surface area (Å²) in [7, 11) is 0. The molecule has 2 aromatic heterocycles. The molecule has 9 heteroatoms. The molecule has 3 aromatic rings. The molecule has 1 N–H and O–H groups in total. The molecule has 2 heterocycles. The van der Waals surface area contributed by atoms with E-state index in [4.69, 9.17) is 0 Å². The number of nitro groups is 1. The molecule has 124 valence electrons. The summed E-state index contributed by atoms with van der Waals surface area (Å²) in [5.74, 6) is 0.469. The quantitative estimate of drug-likeness (QED) is 0.434. The van der Waals surface area contributed by atoms with Gasteiger partial charge in [0.2, 0.25) is 5.91 Å². The van der Waals surface area contributed by atoms with Crippen molar-refractivity contribution in [2.24, 2.45) is 0 Å². The molecule has 0 fully saturated rings. The lowest BCUT2D eigenvalue weighted by Gasteiger charge is -2.04. The van der Waals surface area contributed by atoms with Crippen LogP contribution in [0.4, 0.5) is 11.5 Å². The van der Waals surface area contributed by atoms with Crippen molar-refractivity contribution in [3.8, 4) is 5.82 Å². The number of benzene rings is 1. The number of nitro benzene ring substituents is 1. The van der Waals surface area contributed by atoms with E-state index in [1.807, 2.05) is 0 Å². The number of aromatic nitrogens is 4. The van der Waals surface area contributed by atoms with E-state index in [1.54, 1.807) is 47.4 Å². The third kappa shape index (κ3) is 4.10. The van der Waals surface area contributed by atoms with Crippen LogP contribution in [-0.2, 0) is 4.79 Å². The highest BCUT2D eigenvalue weighted by Crippen LogP contribution is 2.13. The first-order chi connectivity index (χ1) is 12.1. The van der Waals surface area contributed by atoms with Crippen molar-refractivity contribution in [2.45, 2.75) is 0 Å². The molecule has 0 aliphatic rings. The van der Waals surface area contributed by atoms with E-state index >= 15 is 0 Å². The van der Waals surface area contributed by atoms with Crippen molar-refractivity contribution in [1.82, 2.24) is 19.7 Å². The Morgan fingerprint density at radius 1 is 1.24 bits per heavy atom. The fourth-order valence-electron chi connectivity index (χ4n) is 1.99. The number of nitrogens with zero attached hydrogens (tertiary/aromatic N) is 5. The van der Waals surface area contributed by atoms with Gasteiger partial charge in [0.05, 0.1) is 4.92 Å². The van der Waals surface area contributed by atoms with Gasteiger partial charge in [-0.3, -0.25) is 14.9 Å². The summed E-state index contributed by atoms with van der Waals surface area (Å²) in [6.45, 7) is 0. The first kappa shape index (κ1) is 16.0. The number of hydrogen-bond acceptors (Lipinski definition) is 6. The van der Waals surface area contributed by atoms with Crippen molar-refractivity contribution in [3.05, 3.63) is 76.9 Å². The van der Waals surface area contributed by atoms with Gasteiger partial charge in [-0.15, -0.1) is 0 Å². The van der Waals surface area contributed by atoms with Crippen molar-refractivity contribution in [3.63, 3.8) is 0 Å². The van der Waals surface area contributed by atoms with E-state index in [9.17, 15) is 14.9 Å². The van der Waals surface area contributed by atoms with Gasteiger partial charge in [-0.2, -0.15) is 5.10 Å².